The van der Waals surface area contributed by atoms with Crippen LogP contribution < -0.4 is 10.9 Å². The predicted molar refractivity (Wildman–Crippen MR) is 81.0 cm³/mol. The molecule has 1 amide bonds. The zero-order valence-corrected chi connectivity index (χ0v) is 11.5. The van der Waals surface area contributed by atoms with Gasteiger partial charge in [-0.3, -0.25) is 19.7 Å². The van der Waals surface area contributed by atoms with Gasteiger partial charge >= 0.3 is 0 Å². The summed E-state index contributed by atoms with van der Waals surface area (Å²) in [5, 5.41) is 13.5. The van der Waals surface area contributed by atoms with Crippen LogP contribution in [0.4, 0.5) is 5.69 Å². The topological polar surface area (TPSA) is 105 Å². The Labute approximate surface area is 125 Å². The molecule has 0 bridgehead atoms. The van der Waals surface area contributed by atoms with Crippen LogP contribution in [0.2, 0.25) is 0 Å². The van der Waals surface area contributed by atoms with Gasteiger partial charge in [0.1, 0.15) is 0 Å². The Morgan fingerprint density at radius 3 is 2.73 bits per heavy atom. The molecule has 0 radical (unpaired) electrons. The summed E-state index contributed by atoms with van der Waals surface area (Å²) in [5.41, 5.74) is 0.817. The Hall–Kier alpha value is -3.22. The van der Waals surface area contributed by atoms with Crippen molar-refractivity contribution in [1.29, 1.82) is 0 Å². The molecule has 0 saturated carbocycles. The number of pyridine rings is 1. The number of carbonyl (C=O) groups excluding carboxylic acids is 1. The van der Waals surface area contributed by atoms with Gasteiger partial charge in [-0.15, -0.1) is 0 Å². The van der Waals surface area contributed by atoms with E-state index in [0.717, 1.165) is 5.56 Å². The van der Waals surface area contributed by atoms with E-state index in [9.17, 15) is 19.7 Å². The first-order valence-corrected chi connectivity index (χ1v) is 6.43. The molecule has 2 rings (SSSR count). The molecular formula is C15H13N3O4. The molecule has 0 unspecified atom stereocenters. The number of hydrogen-bond acceptors (Lipinski definition) is 4. The van der Waals surface area contributed by atoms with Crippen molar-refractivity contribution in [3.63, 3.8) is 0 Å². The van der Waals surface area contributed by atoms with Crippen molar-refractivity contribution in [2.24, 2.45) is 0 Å². The van der Waals surface area contributed by atoms with Gasteiger partial charge < -0.3 is 10.3 Å². The minimum atomic E-state index is -0.502. The Bertz CT molecular complexity index is 760. The Balaban J connectivity index is 1.98. The van der Waals surface area contributed by atoms with E-state index in [0.29, 0.717) is 5.56 Å². The number of hydrogen-bond donors (Lipinski definition) is 2. The van der Waals surface area contributed by atoms with Gasteiger partial charge in [0.2, 0.25) is 11.5 Å². The number of aromatic amines is 1. The summed E-state index contributed by atoms with van der Waals surface area (Å²) in [6.45, 7) is 0.247. The van der Waals surface area contributed by atoms with E-state index in [1.165, 1.54) is 30.5 Å². The van der Waals surface area contributed by atoms with Crippen molar-refractivity contribution in [3.05, 3.63) is 80.3 Å². The number of nitrogens with zero attached hydrogens (tertiary/aromatic N) is 1. The summed E-state index contributed by atoms with van der Waals surface area (Å²) in [6, 6.07) is 9.12. The number of benzene rings is 1. The Kier molecular flexibility index (Phi) is 4.81. The number of para-hydroxylation sites is 1. The van der Waals surface area contributed by atoms with Gasteiger partial charge in [-0.2, -0.15) is 0 Å². The second-order valence-electron chi connectivity index (χ2n) is 4.43. The summed E-state index contributed by atoms with van der Waals surface area (Å²) in [7, 11) is 0. The lowest BCUT2D eigenvalue weighted by Gasteiger charge is -2.01. The molecule has 7 nitrogen and oxygen atoms in total. The molecule has 0 fully saturated rings. The van der Waals surface area contributed by atoms with Gasteiger partial charge in [0.15, 0.2) is 0 Å². The largest absolute Gasteiger partial charge is 0.348 e. The first-order chi connectivity index (χ1) is 10.6. The first-order valence-electron chi connectivity index (χ1n) is 6.43. The van der Waals surface area contributed by atoms with Crippen molar-refractivity contribution in [2.45, 2.75) is 6.54 Å². The quantitative estimate of drug-likeness (QED) is 0.497. The average molecular weight is 299 g/mol. The van der Waals surface area contributed by atoms with Crippen LogP contribution >= 0.6 is 0 Å². The summed E-state index contributed by atoms with van der Waals surface area (Å²) in [5.74, 6) is -0.385. The van der Waals surface area contributed by atoms with Crippen molar-refractivity contribution < 1.29 is 9.72 Å². The second-order valence-corrected chi connectivity index (χ2v) is 4.43. The molecule has 1 aromatic carbocycles. The van der Waals surface area contributed by atoms with Gasteiger partial charge in [0, 0.05) is 31.0 Å². The fourth-order valence-electron chi connectivity index (χ4n) is 1.76. The van der Waals surface area contributed by atoms with Crippen LogP contribution in [0.1, 0.15) is 11.1 Å². The molecule has 22 heavy (non-hydrogen) atoms. The van der Waals surface area contributed by atoms with Crippen LogP contribution in [0, 0.1) is 10.1 Å². The van der Waals surface area contributed by atoms with Crippen LogP contribution in [0.3, 0.4) is 0 Å². The van der Waals surface area contributed by atoms with E-state index < -0.39 is 4.92 Å². The molecule has 0 saturated heterocycles. The Morgan fingerprint density at radius 2 is 2.05 bits per heavy atom. The maximum atomic E-state index is 11.7. The molecule has 7 heteroatoms. The third kappa shape index (κ3) is 4.14. The van der Waals surface area contributed by atoms with Crippen LogP contribution in [0.15, 0.2) is 53.5 Å². The second kappa shape index (κ2) is 6.98. The van der Waals surface area contributed by atoms with Crippen LogP contribution in [0.25, 0.3) is 6.08 Å². The Morgan fingerprint density at radius 1 is 1.27 bits per heavy atom. The molecule has 112 valence electrons. The summed E-state index contributed by atoms with van der Waals surface area (Å²) < 4.78 is 0. The molecule has 0 aliphatic heterocycles. The average Bonchev–Trinajstić information content (AvgIpc) is 2.52. The van der Waals surface area contributed by atoms with Crippen LogP contribution in [-0.2, 0) is 11.3 Å². The standard InChI is InChI=1S/C15H13N3O4/c19-14-7-5-11(9-16-14)10-17-15(20)8-6-12-3-1-2-4-13(12)18(21)22/h1-9H,10H2,(H,16,19)(H,17,20)/b8-6-. The van der Waals surface area contributed by atoms with Gasteiger partial charge in [-0.05, 0) is 17.7 Å². The molecular weight excluding hydrogens is 286 g/mol. The molecule has 0 aliphatic carbocycles. The normalized spacial score (nSPS) is 10.5. The van der Waals surface area contributed by atoms with E-state index in [4.69, 9.17) is 0 Å². The minimum absolute atomic E-state index is 0.0628. The van der Waals surface area contributed by atoms with Crippen molar-refractivity contribution in [3.8, 4) is 0 Å². The highest BCUT2D eigenvalue weighted by atomic mass is 16.6. The highest BCUT2D eigenvalue weighted by molar-refractivity contribution is 5.92. The lowest BCUT2D eigenvalue weighted by atomic mass is 10.1. The smallest absolute Gasteiger partial charge is 0.276 e. The fourth-order valence-corrected chi connectivity index (χ4v) is 1.76. The van der Waals surface area contributed by atoms with Gasteiger partial charge in [0.05, 0.1) is 10.5 Å². The number of nitro benzene ring substituents is 1. The molecule has 0 spiro atoms. The maximum absolute atomic E-state index is 11.7. The van der Waals surface area contributed by atoms with Gasteiger partial charge in [0.25, 0.3) is 5.69 Å². The number of carbonyl (C=O) groups is 1. The van der Waals surface area contributed by atoms with Crippen molar-refractivity contribution in [1.82, 2.24) is 10.3 Å². The number of nitrogens with one attached hydrogen (secondary N) is 2. The molecule has 2 N–H and O–H groups in total. The summed E-state index contributed by atoms with van der Waals surface area (Å²) in [4.78, 5) is 35.4. The first kappa shape index (κ1) is 15.2. The fraction of sp³-hybridized carbons (Fsp3) is 0.0667. The van der Waals surface area contributed by atoms with E-state index in [1.807, 2.05) is 0 Å². The predicted octanol–water partition coefficient (Wildman–Crippen LogP) is 1.61. The van der Waals surface area contributed by atoms with Gasteiger partial charge in [-0.25, -0.2) is 0 Å². The number of H-pyrrole nitrogens is 1. The zero-order chi connectivity index (χ0) is 15.9. The molecule has 1 heterocycles. The number of aromatic nitrogens is 1. The van der Waals surface area contributed by atoms with E-state index in [1.54, 1.807) is 24.3 Å². The molecule has 1 aromatic heterocycles. The molecule has 0 aliphatic rings. The number of amides is 1. The van der Waals surface area contributed by atoms with Crippen LogP contribution in [-0.4, -0.2) is 15.8 Å². The zero-order valence-electron chi connectivity index (χ0n) is 11.5. The monoisotopic (exact) mass is 299 g/mol. The summed E-state index contributed by atoms with van der Waals surface area (Å²) in [6.07, 6.45) is 4.13. The number of rotatable bonds is 5. The maximum Gasteiger partial charge on any atom is 0.276 e. The highest BCUT2D eigenvalue weighted by Crippen LogP contribution is 2.18. The van der Waals surface area contributed by atoms with E-state index >= 15 is 0 Å². The van der Waals surface area contributed by atoms with Gasteiger partial charge in [-0.1, -0.05) is 18.2 Å². The van der Waals surface area contributed by atoms with Crippen molar-refractivity contribution >= 4 is 17.7 Å². The third-order valence-corrected chi connectivity index (χ3v) is 2.86. The lowest BCUT2D eigenvalue weighted by Crippen LogP contribution is -2.20. The SMILES string of the molecule is O=C(/C=C\c1ccccc1[N+](=O)[O-])NCc1ccc(=O)[nH]c1. The van der Waals surface area contributed by atoms with E-state index in [2.05, 4.69) is 10.3 Å². The molecule has 2 aromatic rings. The van der Waals surface area contributed by atoms with Crippen molar-refractivity contribution in [2.75, 3.05) is 0 Å². The van der Waals surface area contributed by atoms with E-state index in [-0.39, 0.29) is 23.7 Å². The summed E-state index contributed by atoms with van der Waals surface area (Å²) >= 11 is 0. The third-order valence-electron chi connectivity index (χ3n) is 2.86. The lowest BCUT2D eigenvalue weighted by molar-refractivity contribution is -0.385. The minimum Gasteiger partial charge on any atom is -0.348 e. The molecule has 0 atom stereocenters. The van der Waals surface area contributed by atoms with Crippen LogP contribution in [0.5, 0.6) is 0 Å². The highest BCUT2D eigenvalue weighted by Gasteiger charge is 2.09. The number of nitro groups is 1.